The van der Waals surface area contributed by atoms with Gasteiger partial charge in [-0.2, -0.15) is 4.90 Å². The van der Waals surface area contributed by atoms with E-state index in [1.165, 1.54) is 0 Å². The molecule has 3 aromatic rings. The molecule has 1 aromatic heterocycles. The molecule has 11 nitrogen and oxygen atoms in total. The van der Waals surface area contributed by atoms with E-state index >= 15 is 0 Å². The van der Waals surface area contributed by atoms with E-state index in [0.717, 1.165) is 17.4 Å². The van der Waals surface area contributed by atoms with Gasteiger partial charge in [-0.15, -0.1) is 0 Å². The van der Waals surface area contributed by atoms with Gasteiger partial charge in [0.25, 0.3) is 0 Å². The fourth-order valence-corrected chi connectivity index (χ4v) is 3.97. The summed E-state index contributed by atoms with van der Waals surface area (Å²) < 4.78 is 5.54. The second-order valence-electron chi connectivity index (χ2n) is 9.14. The first kappa shape index (κ1) is 29.3. The molecule has 0 aliphatic rings. The van der Waals surface area contributed by atoms with Gasteiger partial charge in [0.1, 0.15) is 11.9 Å². The molecule has 0 atom stereocenters. The van der Waals surface area contributed by atoms with Gasteiger partial charge in [-0.1, -0.05) is 47.5 Å². The van der Waals surface area contributed by atoms with Crippen LogP contribution in [-0.2, 0) is 22.5 Å². The molecule has 2 aromatic carbocycles. The van der Waals surface area contributed by atoms with E-state index in [0.29, 0.717) is 11.1 Å². The van der Waals surface area contributed by atoms with Crippen molar-refractivity contribution in [1.82, 2.24) is 9.97 Å². The van der Waals surface area contributed by atoms with Crippen LogP contribution in [0.15, 0.2) is 48.7 Å². The molecule has 1 heterocycles. The Balaban J connectivity index is 2.31. The zero-order chi connectivity index (χ0) is 28.9. The number of hydrogen-bond acceptors (Lipinski definition) is 7. The van der Waals surface area contributed by atoms with Crippen molar-refractivity contribution in [1.29, 1.82) is 0 Å². The quantitative estimate of drug-likeness (QED) is 0.310. The second-order valence-corrected chi connectivity index (χ2v) is 9.96. The molecule has 13 heteroatoms. The van der Waals surface area contributed by atoms with Crippen LogP contribution in [0.3, 0.4) is 0 Å². The Kier molecular flexibility index (Phi) is 9.10. The second kappa shape index (κ2) is 12.1. The summed E-state index contributed by atoms with van der Waals surface area (Å²) in [6, 6.07) is 11.4. The molecule has 0 saturated heterocycles. The molecule has 0 aliphatic carbocycles. The van der Waals surface area contributed by atoms with Gasteiger partial charge < -0.3 is 19.7 Å². The highest BCUT2D eigenvalue weighted by Crippen LogP contribution is 2.34. The van der Waals surface area contributed by atoms with Crippen LogP contribution in [0.2, 0.25) is 10.0 Å². The molecule has 0 fully saturated rings. The van der Waals surface area contributed by atoms with E-state index in [2.05, 4.69) is 9.97 Å². The maximum Gasteiger partial charge on any atom is 0.422 e. The lowest BCUT2D eigenvalue weighted by Gasteiger charge is -2.29. The maximum absolute atomic E-state index is 13.5. The highest BCUT2D eigenvalue weighted by Gasteiger charge is 2.34. The number of benzene rings is 2. The number of nitrogens with zero attached hydrogens (tertiary/aromatic N) is 4. The third-order valence-corrected chi connectivity index (χ3v) is 5.83. The number of imide groups is 1. The summed E-state index contributed by atoms with van der Waals surface area (Å²) in [4.78, 5) is 57.7. The number of carbonyl (C=O) groups excluding carboxylic acids is 2. The number of carbonyl (C=O) groups is 4. The van der Waals surface area contributed by atoms with Gasteiger partial charge >= 0.3 is 18.3 Å². The number of hydrogen-bond donors (Lipinski definition) is 2. The Morgan fingerprint density at radius 3 is 2.18 bits per heavy atom. The Bertz CT molecular complexity index is 1390. The number of amides is 3. The van der Waals surface area contributed by atoms with Gasteiger partial charge in [-0.25, -0.2) is 24.4 Å². The lowest BCUT2D eigenvalue weighted by Crippen LogP contribution is -2.41. The molecule has 39 heavy (non-hydrogen) atoms. The van der Waals surface area contributed by atoms with E-state index in [4.69, 9.17) is 27.9 Å². The number of ether oxygens (including phenoxy) is 1. The van der Waals surface area contributed by atoms with E-state index in [9.17, 15) is 29.4 Å². The number of rotatable bonds is 7. The van der Waals surface area contributed by atoms with Crippen molar-refractivity contribution in [3.8, 4) is 11.3 Å². The third kappa shape index (κ3) is 7.21. The van der Waals surface area contributed by atoms with Gasteiger partial charge in [0.15, 0.2) is 11.6 Å². The van der Waals surface area contributed by atoms with Crippen LogP contribution in [0.25, 0.3) is 11.3 Å². The average molecular weight is 575 g/mol. The smallest absolute Gasteiger partial charge is 0.422 e. The number of aromatic nitrogens is 2. The van der Waals surface area contributed by atoms with E-state index in [-0.39, 0.29) is 39.2 Å². The van der Waals surface area contributed by atoms with Gasteiger partial charge in [-0.05, 0) is 44.5 Å². The monoisotopic (exact) mass is 574 g/mol. The fourth-order valence-electron chi connectivity index (χ4n) is 3.45. The molecule has 0 radical (unpaired) electrons. The minimum Gasteiger partial charge on any atom is -0.464 e. The molecular formula is C26H24Cl2N4O7. The SMILES string of the molecule is CC(C)(C)OC(=O)N(Cc1c(Cl)cccc1Cl)c1nc(-c2cccc(CC=O)c2)cnc1N(C(=O)O)C(=O)O. The highest BCUT2D eigenvalue weighted by atomic mass is 35.5. The maximum atomic E-state index is 13.5. The minimum absolute atomic E-state index is 0.0689. The lowest BCUT2D eigenvalue weighted by atomic mass is 10.1. The number of halogens is 2. The molecule has 0 saturated carbocycles. The van der Waals surface area contributed by atoms with E-state index < -0.39 is 35.5 Å². The summed E-state index contributed by atoms with van der Waals surface area (Å²) in [6.07, 6.45) is -2.72. The van der Waals surface area contributed by atoms with E-state index in [1.54, 1.807) is 63.2 Å². The van der Waals surface area contributed by atoms with Gasteiger partial charge in [0.2, 0.25) is 0 Å². The molecule has 3 rings (SSSR count). The first-order chi connectivity index (χ1) is 18.3. The molecule has 0 unspecified atom stereocenters. The molecular weight excluding hydrogens is 551 g/mol. The summed E-state index contributed by atoms with van der Waals surface area (Å²) in [5, 5.41) is 19.7. The Labute approximate surface area is 233 Å². The zero-order valence-electron chi connectivity index (χ0n) is 21.1. The Hall–Kier alpha value is -4.22. The van der Waals surface area contributed by atoms with Crippen molar-refractivity contribution < 1.29 is 34.1 Å². The van der Waals surface area contributed by atoms with Crippen molar-refractivity contribution >= 4 is 59.4 Å². The molecule has 0 bridgehead atoms. The van der Waals surface area contributed by atoms with Crippen LogP contribution < -0.4 is 9.80 Å². The molecule has 3 amide bonds. The van der Waals surface area contributed by atoms with E-state index in [1.807, 2.05) is 0 Å². The first-order valence-electron chi connectivity index (χ1n) is 11.4. The zero-order valence-corrected chi connectivity index (χ0v) is 22.6. The Morgan fingerprint density at radius 2 is 1.62 bits per heavy atom. The van der Waals surface area contributed by atoms with Crippen LogP contribution in [0.4, 0.5) is 26.0 Å². The van der Waals surface area contributed by atoms with Crippen molar-refractivity contribution in [3.63, 3.8) is 0 Å². The van der Waals surface area contributed by atoms with Crippen molar-refractivity contribution in [2.75, 3.05) is 9.80 Å². The normalized spacial score (nSPS) is 11.0. The number of anilines is 2. The van der Waals surface area contributed by atoms with Crippen molar-refractivity contribution in [2.24, 2.45) is 0 Å². The fraction of sp³-hybridized carbons (Fsp3) is 0.231. The van der Waals surface area contributed by atoms with Crippen LogP contribution in [-0.4, -0.2) is 50.3 Å². The molecule has 0 spiro atoms. The van der Waals surface area contributed by atoms with Crippen molar-refractivity contribution in [3.05, 3.63) is 69.8 Å². The summed E-state index contributed by atoms with van der Waals surface area (Å²) in [5.41, 5.74) is 0.588. The van der Waals surface area contributed by atoms with Crippen LogP contribution in [0.5, 0.6) is 0 Å². The summed E-state index contributed by atoms with van der Waals surface area (Å²) in [7, 11) is 0. The first-order valence-corrected chi connectivity index (χ1v) is 12.2. The molecule has 2 N–H and O–H groups in total. The van der Waals surface area contributed by atoms with Crippen LogP contribution >= 0.6 is 23.2 Å². The largest absolute Gasteiger partial charge is 0.464 e. The van der Waals surface area contributed by atoms with Crippen LogP contribution in [0, 0.1) is 0 Å². The lowest BCUT2D eigenvalue weighted by molar-refractivity contribution is -0.107. The van der Waals surface area contributed by atoms with Gasteiger partial charge in [0.05, 0.1) is 18.4 Å². The highest BCUT2D eigenvalue weighted by molar-refractivity contribution is 6.36. The third-order valence-electron chi connectivity index (χ3n) is 5.12. The van der Waals surface area contributed by atoms with Gasteiger partial charge in [0, 0.05) is 27.6 Å². The predicted octanol–water partition coefficient (Wildman–Crippen LogP) is 6.30. The topological polar surface area (TPSA) is 150 Å². The number of carboxylic acid groups (broad SMARTS) is 2. The van der Waals surface area contributed by atoms with Gasteiger partial charge in [-0.3, -0.25) is 4.90 Å². The summed E-state index contributed by atoms with van der Waals surface area (Å²) in [6.45, 7) is 4.49. The predicted molar refractivity (Wildman–Crippen MR) is 145 cm³/mol. The summed E-state index contributed by atoms with van der Waals surface area (Å²) in [5.74, 6) is -1.11. The summed E-state index contributed by atoms with van der Waals surface area (Å²) >= 11 is 12.7. The average Bonchev–Trinajstić information content (AvgIpc) is 2.83. The Morgan fingerprint density at radius 1 is 1.00 bits per heavy atom. The minimum atomic E-state index is -1.88. The van der Waals surface area contributed by atoms with Crippen molar-refractivity contribution in [2.45, 2.75) is 39.3 Å². The molecule has 0 aliphatic heterocycles. The number of aldehydes is 1. The molecule has 204 valence electrons. The van der Waals surface area contributed by atoms with Crippen LogP contribution in [0.1, 0.15) is 31.9 Å². The standard InChI is InChI=1S/C26H24Cl2N4O7/c1-26(2,3)39-25(38)31(14-17-18(27)8-5-9-19(17)28)22-21(32(23(34)35)24(36)37)29-13-20(30-22)16-7-4-6-15(12-16)10-11-33/h4-9,11-13H,10,14H2,1-3H3,(H,34,35)(H,36,37).